The van der Waals surface area contributed by atoms with Gasteiger partial charge in [-0.2, -0.15) is 0 Å². The van der Waals surface area contributed by atoms with Crippen molar-refractivity contribution in [2.45, 2.75) is 38.3 Å². The Kier molecular flexibility index (Phi) is 6.35. The summed E-state index contributed by atoms with van der Waals surface area (Å²) in [7, 11) is 2.09. The van der Waals surface area contributed by atoms with E-state index < -0.39 is 0 Å². The van der Waals surface area contributed by atoms with E-state index in [4.69, 9.17) is 5.73 Å². The van der Waals surface area contributed by atoms with Gasteiger partial charge in [0.25, 0.3) is 0 Å². The number of aromatic nitrogens is 1. The minimum absolute atomic E-state index is 0. The van der Waals surface area contributed by atoms with Crippen LogP contribution in [-0.2, 0) is 6.54 Å². The second kappa shape index (κ2) is 7.28. The molecule has 1 aromatic rings. The van der Waals surface area contributed by atoms with Crippen molar-refractivity contribution in [2.75, 3.05) is 19.3 Å². The molecule has 1 aliphatic carbocycles. The number of anilines is 1. The van der Waals surface area contributed by atoms with E-state index in [-0.39, 0.29) is 18.5 Å². The first-order valence-electron chi connectivity index (χ1n) is 6.22. The summed E-state index contributed by atoms with van der Waals surface area (Å²) in [6.07, 6.45) is 6.27. The summed E-state index contributed by atoms with van der Waals surface area (Å²) in [5, 5.41) is 10.6. The Morgan fingerprint density at radius 2 is 2.22 bits per heavy atom. The molecule has 1 aromatic heterocycles. The normalized spacial score (nSPS) is 23.9. The third kappa shape index (κ3) is 4.39. The quantitative estimate of drug-likeness (QED) is 0.892. The van der Waals surface area contributed by atoms with Gasteiger partial charge in [0.1, 0.15) is 0 Å². The Morgan fingerprint density at radius 3 is 2.83 bits per heavy atom. The monoisotopic (exact) mass is 291 g/mol. The largest absolute Gasteiger partial charge is 0.393 e. The molecular formula is C12H22ClN3OS. The average Bonchev–Trinajstić information content (AvgIpc) is 2.67. The van der Waals surface area contributed by atoms with Crippen LogP contribution in [0.5, 0.6) is 0 Å². The van der Waals surface area contributed by atoms with Gasteiger partial charge in [-0.05, 0) is 25.8 Å². The SMILES string of the molecule is CN(Cc1cnc(N)s1)CC1CCCCC1O.Cl. The Balaban J connectivity index is 0.00000162. The molecule has 0 bridgehead atoms. The van der Waals surface area contributed by atoms with Crippen LogP contribution in [0.1, 0.15) is 30.6 Å². The molecule has 1 aliphatic rings. The molecule has 0 spiro atoms. The smallest absolute Gasteiger partial charge is 0.180 e. The molecule has 0 aromatic carbocycles. The molecule has 6 heteroatoms. The average molecular weight is 292 g/mol. The summed E-state index contributed by atoms with van der Waals surface area (Å²) in [6, 6.07) is 0. The van der Waals surface area contributed by atoms with Crippen LogP contribution >= 0.6 is 23.7 Å². The molecule has 18 heavy (non-hydrogen) atoms. The zero-order valence-corrected chi connectivity index (χ0v) is 12.3. The van der Waals surface area contributed by atoms with Crippen molar-refractivity contribution in [1.29, 1.82) is 0 Å². The highest BCUT2D eigenvalue weighted by atomic mass is 35.5. The van der Waals surface area contributed by atoms with Crippen LogP contribution in [0.2, 0.25) is 0 Å². The molecule has 0 amide bonds. The summed E-state index contributed by atoms with van der Waals surface area (Å²) in [5.74, 6) is 0.430. The second-order valence-electron chi connectivity index (χ2n) is 4.97. The molecule has 0 saturated heterocycles. The maximum Gasteiger partial charge on any atom is 0.180 e. The maximum atomic E-state index is 9.93. The molecular weight excluding hydrogens is 270 g/mol. The number of nitrogens with zero attached hydrogens (tertiary/aromatic N) is 2. The number of halogens is 1. The summed E-state index contributed by atoms with van der Waals surface area (Å²) >= 11 is 1.54. The molecule has 1 fully saturated rings. The fourth-order valence-electron chi connectivity index (χ4n) is 2.53. The van der Waals surface area contributed by atoms with Gasteiger partial charge in [0.2, 0.25) is 0 Å². The molecule has 2 atom stereocenters. The first-order chi connectivity index (χ1) is 8.15. The zero-order valence-electron chi connectivity index (χ0n) is 10.7. The van der Waals surface area contributed by atoms with Crippen LogP contribution in [0.15, 0.2) is 6.20 Å². The highest BCUT2D eigenvalue weighted by Crippen LogP contribution is 2.25. The molecule has 0 radical (unpaired) electrons. The predicted octanol–water partition coefficient (Wildman–Crippen LogP) is 2.13. The van der Waals surface area contributed by atoms with Gasteiger partial charge in [0, 0.05) is 24.2 Å². The van der Waals surface area contributed by atoms with E-state index in [1.807, 2.05) is 6.20 Å². The number of rotatable bonds is 4. The molecule has 4 nitrogen and oxygen atoms in total. The third-order valence-electron chi connectivity index (χ3n) is 3.41. The Morgan fingerprint density at radius 1 is 1.50 bits per heavy atom. The van der Waals surface area contributed by atoms with Crippen molar-refractivity contribution in [3.63, 3.8) is 0 Å². The predicted molar refractivity (Wildman–Crippen MR) is 78.1 cm³/mol. The maximum absolute atomic E-state index is 9.93. The van der Waals surface area contributed by atoms with Crippen LogP contribution in [0.25, 0.3) is 0 Å². The van der Waals surface area contributed by atoms with Crippen molar-refractivity contribution in [2.24, 2.45) is 5.92 Å². The van der Waals surface area contributed by atoms with Crippen molar-refractivity contribution < 1.29 is 5.11 Å². The van der Waals surface area contributed by atoms with E-state index in [0.717, 1.165) is 25.9 Å². The van der Waals surface area contributed by atoms with Crippen LogP contribution in [0.3, 0.4) is 0 Å². The number of hydrogen-bond donors (Lipinski definition) is 2. The summed E-state index contributed by atoms with van der Waals surface area (Å²) < 4.78 is 0. The third-order valence-corrected chi connectivity index (χ3v) is 4.22. The minimum Gasteiger partial charge on any atom is -0.393 e. The van der Waals surface area contributed by atoms with Gasteiger partial charge in [-0.15, -0.1) is 23.7 Å². The van der Waals surface area contributed by atoms with E-state index in [1.54, 1.807) is 11.3 Å². The lowest BCUT2D eigenvalue weighted by molar-refractivity contribution is 0.0503. The van der Waals surface area contributed by atoms with E-state index in [1.165, 1.54) is 17.7 Å². The molecule has 2 rings (SSSR count). The Hall–Kier alpha value is -0.360. The number of nitrogens with two attached hydrogens (primary N) is 1. The van der Waals surface area contributed by atoms with E-state index >= 15 is 0 Å². The second-order valence-corrected chi connectivity index (χ2v) is 6.12. The summed E-state index contributed by atoms with van der Waals surface area (Å²) in [6.45, 7) is 1.83. The first kappa shape index (κ1) is 15.7. The molecule has 104 valence electrons. The van der Waals surface area contributed by atoms with Gasteiger partial charge >= 0.3 is 0 Å². The lowest BCUT2D eigenvalue weighted by Crippen LogP contribution is -2.34. The van der Waals surface area contributed by atoms with Gasteiger partial charge in [-0.1, -0.05) is 12.8 Å². The lowest BCUT2D eigenvalue weighted by atomic mass is 9.86. The van der Waals surface area contributed by atoms with Gasteiger partial charge in [0.05, 0.1) is 6.10 Å². The first-order valence-corrected chi connectivity index (χ1v) is 7.03. The number of aliphatic hydroxyl groups excluding tert-OH is 1. The lowest BCUT2D eigenvalue weighted by Gasteiger charge is -2.30. The molecule has 0 aliphatic heterocycles. The standard InChI is InChI=1S/C12H21N3OS.ClH/c1-15(8-10-6-14-12(13)17-10)7-9-4-2-3-5-11(9)16;/h6,9,11,16H,2-5,7-8H2,1H3,(H2,13,14);1H. The van der Waals surface area contributed by atoms with Gasteiger partial charge in [0.15, 0.2) is 5.13 Å². The zero-order chi connectivity index (χ0) is 12.3. The van der Waals surface area contributed by atoms with Crippen molar-refractivity contribution in [3.05, 3.63) is 11.1 Å². The van der Waals surface area contributed by atoms with Crippen LogP contribution in [-0.4, -0.2) is 34.7 Å². The molecule has 1 heterocycles. The van der Waals surface area contributed by atoms with Crippen LogP contribution in [0.4, 0.5) is 5.13 Å². The highest BCUT2D eigenvalue weighted by Gasteiger charge is 2.24. The van der Waals surface area contributed by atoms with Gasteiger partial charge < -0.3 is 15.7 Å². The summed E-state index contributed by atoms with van der Waals surface area (Å²) in [5.41, 5.74) is 5.61. The minimum atomic E-state index is -0.113. The topological polar surface area (TPSA) is 62.4 Å². The van der Waals surface area contributed by atoms with Crippen LogP contribution < -0.4 is 5.73 Å². The highest BCUT2D eigenvalue weighted by molar-refractivity contribution is 7.15. The molecule has 1 saturated carbocycles. The van der Waals surface area contributed by atoms with Crippen molar-refractivity contribution >= 4 is 28.9 Å². The summed E-state index contributed by atoms with van der Waals surface area (Å²) in [4.78, 5) is 7.50. The van der Waals surface area contributed by atoms with E-state index in [2.05, 4.69) is 16.9 Å². The molecule has 3 N–H and O–H groups in total. The number of aliphatic hydroxyl groups is 1. The fraction of sp³-hybridized carbons (Fsp3) is 0.750. The number of hydrogen-bond acceptors (Lipinski definition) is 5. The van der Waals surface area contributed by atoms with Crippen molar-refractivity contribution in [1.82, 2.24) is 9.88 Å². The van der Waals surface area contributed by atoms with Gasteiger partial charge in [-0.25, -0.2) is 4.98 Å². The molecule has 2 unspecified atom stereocenters. The van der Waals surface area contributed by atoms with E-state index in [0.29, 0.717) is 11.0 Å². The number of thiazole rings is 1. The number of nitrogen functional groups attached to an aromatic ring is 1. The van der Waals surface area contributed by atoms with Crippen LogP contribution in [0, 0.1) is 5.92 Å². The van der Waals surface area contributed by atoms with E-state index in [9.17, 15) is 5.11 Å². The fourth-order valence-corrected chi connectivity index (χ4v) is 3.29. The van der Waals surface area contributed by atoms with Gasteiger partial charge in [-0.3, -0.25) is 0 Å². The van der Waals surface area contributed by atoms with Crippen molar-refractivity contribution in [3.8, 4) is 0 Å². The Bertz CT molecular complexity index is 361. The Labute approximate surface area is 119 Å².